The van der Waals surface area contributed by atoms with Gasteiger partial charge in [-0.3, -0.25) is 4.79 Å². The summed E-state index contributed by atoms with van der Waals surface area (Å²) in [6, 6.07) is 8.59. The molecule has 0 radical (unpaired) electrons. The van der Waals surface area contributed by atoms with Gasteiger partial charge >= 0.3 is 0 Å². The lowest BCUT2D eigenvalue weighted by Gasteiger charge is -2.06. The molecule has 1 heterocycles. The third kappa shape index (κ3) is 1.76. The molecule has 0 unspecified atom stereocenters. The van der Waals surface area contributed by atoms with Gasteiger partial charge in [0.1, 0.15) is 17.2 Å². The SMILES string of the molecule is O=Nc1ccc(-c2cc3c(o2)CCCC3=O)cc1. The van der Waals surface area contributed by atoms with Crippen LogP contribution in [-0.4, -0.2) is 5.78 Å². The molecule has 1 aliphatic carbocycles. The Balaban J connectivity index is 2.01. The maximum absolute atomic E-state index is 11.7. The molecule has 4 nitrogen and oxygen atoms in total. The number of aryl methyl sites for hydroxylation is 1. The zero-order valence-electron chi connectivity index (χ0n) is 9.68. The maximum atomic E-state index is 11.7. The number of fused-ring (bicyclic) bond motifs is 1. The van der Waals surface area contributed by atoms with E-state index >= 15 is 0 Å². The minimum Gasteiger partial charge on any atom is -0.460 e. The zero-order valence-corrected chi connectivity index (χ0v) is 9.68. The van der Waals surface area contributed by atoms with Gasteiger partial charge in [-0.15, -0.1) is 4.91 Å². The summed E-state index contributed by atoms with van der Waals surface area (Å²) >= 11 is 0. The van der Waals surface area contributed by atoms with Gasteiger partial charge in [0, 0.05) is 18.4 Å². The van der Waals surface area contributed by atoms with Crippen molar-refractivity contribution in [2.24, 2.45) is 5.18 Å². The molecule has 0 bridgehead atoms. The van der Waals surface area contributed by atoms with Crippen molar-refractivity contribution in [3.05, 3.63) is 46.6 Å². The molecule has 3 rings (SSSR count). The predicted octanol–water partition coefficient (Wildman–Crippen LogP) is 3.86. The normalized spacial score (nSPS) is 14.3. The van der Waals surface area contributed by atoms with Crippen molar-refractivity contribution in [2.75, 3.05) is 0 Å². The molecule has 2 aromatic rings. The third-order valence-electron chi connectivity index (χ3n) is 3.17. The van der Waals surface area contributed by atoms with Crippen LogP contribution in [-0.2, 0) is 6.42 Å². The van der Waals surface area contributed by atoms with Gasteiger partial charge in [0.2, 0.25) is 0 Å². The smallest absolute Gasteiger partial charge is 0.166 e. The highest BCUT2D eigenvalue weighted by molar-refractivity contribution is 5.98. The van der Waals surface area contributed by atoms with E-state index in [1.807, 2.05) is 0 Å². The lowest BCUT2D eigenvalue weighted by atomic mass is 9.97. The Morgan fingerprint density at radius 2 is 1.89 bits per heavy atom. The molecule has 0 N–H and O–H groups in total. The van der Waals surface area contributed by atoms with Crippen LogP contribution >= 0.6 is 0 Å². The monoisotopic (exact) mass is 241 g/mol. The second-order valence-electron chi connectivity index (χ2n) is 4.36. The van der Waals surface area contributed by atoms with Crippen LogP contribution in [0.1, 0.15) is 29.0 Å². The minimum atomic E-state index is 0.150. The summed E-state index contributed by atoms with van der Waals surface area (Å²) in [7, 11) is 0. The molecule has 1 aromatic carbocycles. The number of carbonyl (C=O) groups is 1. The van der Waals surface area contributed by atoms with Crippen molar-refractivity contribution in [2.45, 2.75) is 19.3 Å². The van der Waals surface area contributed by atoms with Gasteiger partial charge in [0.05, 0.1) is 5.56 Å². The molecule has 0 atom stereocenters. The highest BCUT2D eigenvalue weighted by Gasteiger charge is 2.22. The lowest BCUT2D eigenvalue weighted by Crippen LogP contribution is -2.07. The van der Waals surface area contributed by atoms with Gasteiger partial charge in [-0.25, -0.2) is 0 Å². The Hall–Kier alpha value is -2.23. The van der Waals surface area contributed by atoms with Gasteiger partial charge in [0.25, 0.3) is 0 Å². The number of carbonyl (C=O) groups excluding carboxylic acids is 1. The Morgan fingerprint density at radius 3 is 2.56 bits per heavy atom. The number of rotatable bonds is 2. The quantitative estimate of drug-likeness (QED) is 0.750. The largest absolute Gasteiger partial charge is 0.460 e. The summed E-state index contributed by atoms with van der Waals surface area (Å²) < 4.78 is 5.71. The molecule has 0 saturated heterocycles. The third-order valence-corrected chi connectivity index (χ3v) is 3.17. The molecule has 0 fully saturated rings. The van der Waals surface area contributed by atoms with Gasteiger partial charge in [-0.1, -0.05) is 0 Å². The standard InChI is InChI=1S/C14H11NO3/c16-12-2-1-3-13-11(12)8-14(18-13)9-4-6-10(15-17)7-5-9/h4-8H,1-3H2. The first-order chi connectivity index (χ1) is 8.78. The predicted molar refractivity (Wildman–Crippen MR) is 66.9 cm³/mol. The molecule has 90 valence electrons. The average molecular weight is 241 g/mol. The summed E-state index contributed by atoms with van der Waals surface area (Å²) in [5, 5.41) is 2.85. The number of hydrogen-bond donors (Lipinski definition) is 0. The summed E-state index contributed by atoms with van der Waals surface area (Å²) in [4.78, 5) is 22.1. The highest BCUT2D eigenvalue weighted by atomic mass is 16.3. The van der Waals surface area contributed by atoms with E-state index < -0.39 is 0 Å². The number of hydrogen-bond acceptors (Lipinski definition) is 4. The Kier molecular flexibility index (Phi) is 2.55. The van der Waals surface area contributed by atoms with Crippen LogP contribution < -0.4 is 0 Å². The molecule has 18 heavy (non-hydrogen) atoms. The molecule has 4 heteroatoms. The van der Waals surface area contributed by atoms with Crippen LogP contribution in [0.15, 0.2) is 39.9 Å². The number of furan rings is 1. The number of Topliss-reactive ketones (excluding diaryl/α,β-unsaturated/α-hetero) is 1. The van der Waals surface area contributed by atoms with E-state index in [2.05, 4.69) is 5.18 Å². The molecule has 1 aliphatic rings. The molecule has 0 aliphatic heterocycles. The van der Waals surface area contributed by atoms with Gasteiger partial charge < -0.3 is 4.42 Å². The van der Waals surface area contributed by atoms with Crippen LogP contribution in [0.4, 0.5) is 5.69 Å². The van der Waals surface area contributed by atoms with Crippen LogP contribution in [0.5, 0.6) is 0 Å². The first-order valence-corrected chi connectivity index (χ1v) is 5.87. The minimum absolute atomic E-state index is 0.150. The van der Waals surface area contributed by atoms with Crippen LogP contribution in [0, 0.1) is 4.91 Å². The summed E-state index contributed by atoms with van der Waals surface area (Å²) in [6.07, 6.45) is 2.27. The maximum Gasteiger partial charge on any atom is 0.166 e. The van der Waals surface area contributed by atoms with Crippen molar-refractivity contribution in [1.82, 2.24) is 0 Å². The second-order valence-corrected chi connectivity index (χ2v) is 4.36. The summed E-state index contributed by atoms with van der Waals surface area (Å²) in [5.41, 5.74) is 1.93. The van der Waals surface area contributed by atoms with Gasteiger partial charge in [-0.2, -0.15) is 0 Å². The Labute approximate surface area is 104 Å². The number of ketones is 1. The fourth-order valence-electron chi connectivity index (χ4n) is 2.22. The molecular formula is C14H11NO3. The van der Waals surface area contributed by atoms with Crippen LogP contribution in [0.2, 0.25) is 0 Å². The molecule has 0 spiro atoms. The van der Waals surface area contributed by atoms with E-state index in [0.29, 0.717) is 23.4 Å². The van der Waals surface area contributed by atoms with E-state index in [1.54, 1.807) is 30.3 Å². The number of nitroso groups, excluding NO2 is 1. The molecule has 0 amide bonds. The second kappa shape index (κ2) is 4.22. The summed E-state index contributed by atoms with van der Waals surface area (Å²) in [5.74, 6) is 1.60. The average Bonchev–Trinajstić information content (AvgIpc) is 2.84. The van der Waals surface area contributed by atoms with E-state index in [4.69, 9.17) is 4.42 Å². The topological polar surface area (TPSA) is 59.6 Å². The number of benzene rings is 1. The van der Waals surface area contributed by atoms with Crippen molar-refractivity contribution in [3.8, 4) is 11.3 Å². The van der Waals surface area contributed by atoms with E-state index in [0.717, 1.165) is 24.2 Å². The van der Waals surface area contributed by atoms with Crippen LogP contribution in [0.3, 0.4) is 0 Å². The van der Waals surface area contributed by atoms with Crippen LogP contribution in [0.25, 0.3) is 11.3 Å². The first kappa shape index (κ1) is 10.9. The van der Waals surface area contributed by atoms with Crippen molar-refractivity contribution in [3.63, 3.8) is 0 Å². The molecule has 0 saturated carbocycles. The Morgan fingerprint density at radius 1 is 1.11 bits per heavy atom. The summed E-state index contributed by atoms with van der Waals surface area (Å²) in [6.45, 7) is 0. The fraction of sp³-hybridized carbons (Fsp3) is 0.214. The van der Waals surface area contributed by atoms with E-state index in [-0.39, 0.29) is 5.78 Å². The Bertz CT molecular complexity index is 610. The van der Waals surface area contributed by atoms with Gasteiger partial charge in [0.15, 0.2) is 5.78 Å². The lowest BCUT2D eigenvalue weighted by molar-refractivity contribution is 0.0969. The van der Waals surface area contributed by atoms with Crippen molar-refractivity contribution in [1.29, 1.82) is 0 Å². The first-order valence-electron chi connectivity index (χ1n) is 5.87. The van der Waals surface area contributed by atoms with Gasteiger partial charge in [-0.05, 0) is 41.9 Å². The van der Waals surface area contributed by atoms with Crippen molar-refractivity contribution >= 4 is 11.5 Å². The molecular weight excluding hydrogens is 230 g/mol. The van der Waals surface area contributed by atoms with Crippen molar-refractivity contribution < 1.29 is 9.21 Å². The molecule has 1 aromatic heterocycles. The van der Waals surface area contributed by atoms with E-state index in [1.165, 1.54) is 0 Å². The number of nitrogens with zero attached hydrogens (tertiary/aromatic N) is 1. The fourth-order valence-corrected chi connectivity index (χ4v) is 2.22. The zero-order chi connectivity index (χ0) is 12.5. The highest BCUT2D eigenvalue weighted by Crippen LogP contribution is 2.31. The van der Waals surface area contributed by atoms with E-state index in [9.17, 15) is 9.70 Å².